The van der Waals surface area contributed by atoms with E-state index in [2.05, 4.69) is 10.5 Å². The Balaban J connectivity index is 2.50. The van der Waals surface area contributed by atoms with Gasteiger partial charge in [-0.2, -0.15) is 5.26 Å². The summed E-state index contributed by atoms with van der Waals surface area (Å²) in [6.45, 7) is 2.29. The summed E-state index contributed by atoms with van der Waals surface area (Å²) < 4.78 is 9.69. The van der Waals surface area contributed by atoms with Crippen LogP contribution in [0.2, 0.25) is 0 Å². The second-order valence-electron chi connectivity index (χ2n) is 3.35. The molecule has 1 unspecified atom stereocenters. The quantitative estimate of drug-likeness (QED) is 0.794. The van der Waals surface area contributed by atoms with E-state index in [1.54, 1.807) is 6.92 Å². The van der Waals surface area contributed by atoms with Gasteiger partial charge in [-0.1, -0.05) is 5.16 Å². The molecule has 0 saturated heterocycles. The number of carbonyl (C=O) groups excluding carboxylic acids is 1. The molecule has 6 heteroatoms. The van der Waals surface area contributed by atoms with Crippen LogP contribution in [0, 0.1) is 17.2 Å². The van der Waals surface area contributed by atoms with E-state index in [1.165, 1.54) is 13.2 Å². The molecule has 1 aromatic rings. The van der Waals surface area contributed by atoms with Crippen LogP contribution in [0.3, 0.4) is 0 Å². The molecule has 6 nitrogen and oxygen atoms in total. The number of aromatic nitrogens is 1. The standard InChI is InChI=1S/C10H13N3O3/c1-7(4-11)5-12-10(14)9-3-8(6-15-2)16-13-9/h3,7H,5-6H2,1-2H3,(H,12,14). The van der Waals surface area contributed by atoms with Crippen molar-refractivity contribution in [2.75, 3.05) is 13.7 Å². The molecule has 0 saturated carbocycles. The van der Waals surface area contributed by atoms with E-state index in [0.29, 0.717) is 12.3 Å². The number of hydrogen-bond acceptors (Lipinski definition) is 5. The van der Waals surface area contributed by atoms with Gasteiger partial charge in [-0.25, -0.2) is 0 Å². The number of nitrogens with one attached hydrogen (secondary N) is 1. The summed E-state index contributed by atoms with van der Waals surface area (Å²) in [4.78, 5) is 11.5. The fourth-order valence-corrected chi connectivity index (χ4v) is 1.01. The van der Waals surface area contributed by atoms with Crippen molar-refractivity contribution in [3.05, 3.63) is 17.5 Å². The molecule has 1 aromatic heterocycles. The smallest absolute Gasteiger partial charge is 0.273 e. The maximum Gasteiger partial charge on any atom is 0.273 e. The normalized spacial score (nSPS) is 11.8. The highest BCUT2D eigenvalue weighted by molar-refractivity contribution is 5.92. The Kier molecular flexibility index (Phi) is 4.48. The minimum atomic E-state index is -0.354. The molecule has 0 radical (unpaired) electrons. The predicted octanol–water partition coefficient (Wildman–Crippen LogP) is 0.710. The zero-order valence-corrected chi connectivity index (χ0v) is 9.19. The van der Waals surface area contributed by atoms with Gasteiger partial charge in [0.25, 0.3) is 5.91 Å². The van der Waals surface area contributed by atoms with E-state index < -0.39 is 0 Å². The number of amides is 1. The van der Waals surface area contributed by atoms with E-state index in [1.807, 2.05) is 6.07 Å². The summed E-state index contributed by atoms with van der Waals surface area (Å²) in [5.41, 5.74) is 0.192. The summed E-state index contributed by atoms with van der Waals surface area (Å²) >= 11 is 0. The van der Waals surface area contributed by atoms with Gasteiger partial charge < -0.3 is 14.6 Å². The molecule has 0 aliphatic heterocycles. The van der Waals surface area contributed by atoms with Gasteiger partial charge in [-0.05, 0) is 6.92 Å². The van der Waals surface area contributed by atoms with Crippen LogP contribution < -0.4 is 5.32 Å². The van der Waals surface area contributed by atoms with Crippen LogP contribution in [0.15, 0.2) is 10.6 Å². The molecule has 0 bridgehead atoms. The third kappa shape index (κ3) is 3.37. The molecule has 16 heavy (non-hydrogen) atoms. The van der Waals surface area contributed by atoms with E-state index in [0.717, 1.165) is 0 Å². The number of rotatable bonds is 5. The minimum absolute atomic E-state index is 0.192. The van der Waals surface area contributed by atoms with Crippen LogP contribution in [0.25, 0.3) is 0 Å². The summed E-state index contributed by atoms with van der Waals surface area (Å²) in [6, 6.07) is 3.53. The van der Waals surface area contributed by atoms with Gasteiger partial charge in [0.1, 0.15) is 6.61 Å². The highest BCUT2D eigenvalue weighted by Crippen LogP contribution is 2.04. The average Bonchev–Trinajstić information content (AvgIpc) is 2.74. The zero-order valence-electron chi connectivity index (χ0n) is 9.19. The van der Waals surface area contributed by atoms with Gasteiger partial charge in [0.15, 0.2) is 11.5 Å². The topological polar surface area (TPSA) is 88.1 Å². The number of methoxy groups -OCH3 is 1. The molecule has 86 valence electrons. The van der Waals surface area contributed by atoms with Crippen LogP contribution in [-0.2, 0) is 11.3 Å². The third-order valence-corrected chi connectivity index (χ3v) is 1.87. The number of nitriles is 1. The van der Waals surface area contributed by atoms with Gasteiger partial charge in [0.05, 0.1) is 12.0 Å². The second-order valence-corrected chi connectivity index (χ2v) is 3.35. The van der Waals surface area contributed by atoms with E-state index in [9.17, 15) is 4.79 Å². The predicted molar refractivity (Wildman–Crippen MR) is 54.3 cm³/mol. The Bertz CT molecular complexity index is 394. The molecule has 1 atom stereocenters. The first kappa shape index (κ1) is 12.2. The zero-order chi connectivity index (χ0) is 12.0. The number of ether oxygens (including phenoxy) is 1. The monoisotopic (exact) mass is 223 g/mol. The van der Waals surface area contributed by atoms with E-state index >= 15 is 0 Å². The summed E-state index contributed by atoms with van der Waals surface area (Å²) in [5.74, 6) is -0.0940. The first-order valence-electron chi connectivity index (χ1n) is 4.79. The lowest BCUT2D eigenvalue weighted by atomic mass is 10.2. The lowest BCUT2D eigenvalue weighted by Crippen LogP contribution is -2.27. The summed E-state index contributed by atoms with van der Waals surface area (Å²) in [5, 5.41) is 14.7. The first-order chi connectivity index (χ1) is 7.67. The van der Waals surface area contributed by atoms with Crippen molar-refractivity contribution in [1.29, 1.82) is 5.26 Å². The average molecular weight is 223 g/mol. The fraction of sp³-hybridized carbons (Fsp3) is 0.500. The van der Waals surface area contributed by atoms with Crippen molar-refractivity contribution in [2.45, 2.75) is 13.5 Å². The van der Waals surface area contributed by atoms with Crippen molar-refractivity contribution in [2.24, 2.45) is 5.92 Å². The summed E-state index contributed by atoms with van der Waals surface area (Å²) in [7, 11) is 1.52. The summed E-state index contributed by atoms with van der Waals surface area (Å²) in [6.07, 6.45) is 0. The first-order valence-corrected chi connectivity index (χ1v) is 4.79. The largest absolute Gasteiger partial charge is 0.377 e. The van der Waals surface area contributed by atoms with Gasteiger partial charge in [0, 0.05) is 19.7 Å². The van der Waals surface area contributed by atoms with Crippen LogP contribution in [0.4, 0.5) is 0 Å². The van der Waals surface area contributed by atoms with Crippen LogP contribution in [0.5, 0.6) is 0 Å². The number of carbonyl (C=O) groups is 1. The molecule has 1 rings (SSSR count). The molecular formula is C10H13N3O3. The Morgan fingerprint density at radius 3 is 3.19 bits per heavy atom. The van der Waals surface area contributed by atoms with Crippen molar-refractivity contribution in [1.82, 2.24) is 10.5 Å². The molecular weight excluding hydrogens is 210 g/mol. The van der Waals surface area contributed by atoms with Gasteiger partial charge in [-0.15, -0.1) is 0 Å². The Hall–Kier alpha value is -1.87. The van der Waals surface area contributed by atoms with E-state index in [4.69, 9.17) is 14.5 Å². The van der Waals surface area contributed by atoms with Crippen LogP contribution >= 0.6 is 0 Å². The molecule has 0 fully saturated rings. The second kappa shape index (κ2) is 5.88. The lowest BCUT2D eigenvalue weighted by molar-refractivity contribution is 0.0941. The Morgan fingerprint density at radius 1 is 1.81 bits per heavy atom. The number of hydrogen-bond donors (Lipinski definition) is 1. The molecule has 0 aliphatic rings. The van der Waals surface area contributed by atoms with Crippen LogP contribution in [-0.4, -0.2) is 24.7 Å². The molecule has 1 heterocycles. The van der Waals surface area contributed by atoms with E-state index in [-0.39, 0.29) is 24.1 Å². The molecule has 1 N–H and O–H groups in total. The van der Waals surface area contributed by atoms with Crippen LogP contribution in [0.1, 0.15) is 23.2 Å². The van der Waals surface area contributed by atoms with Crippen molar-refractivity contribution in [3.63, 3.8) is 0 Å². The third-order valence-electron chi connectivity index (χ3n) is 1.87. The Morgan fingerprint density at radius 2 is 2.56 bits per heavy atom. The SMILES string of the molecule is COCc1cc(C(=O)NCC(C)C#N)no1. The number of nitrogens with zero attached hydrogens (tertiary/aromatic N) is 2. The Labute approximate surface area is 93.2 Å². The molecule has 0 aromatic carbocycles. The molecule has 0 aliphatic carbocycles. The highest BCUT2D eigenvalue weighted by Gasteiger charge is 2.12. The maximum absolute atomic E-state index is 11.5. The fourth-order valence-electron chi connectivity index (χ4n) is 1.01. The van der Waals surface area contributed by atoms with Gasteiger partial charge in [-0.3, -0.25) is 4.79 Å². The minimum Gasteiger partial charge on any atom is -0.377 e. The molecule has 1 amide bonds. The lowest BCUT2D eigenvalue weighted by Gasteiger charge is -2.02. The van der Waals surface area contributed by atoms with Gasteiger partial charge >= 0.3 is 0 Å². The van der Waals surface area contributed by atoms with Crippen molar-refractivity contribution in [3.8, 4) is 6.07 Å². The highest BCUT2D eigenvalue weighted by atomic mass is 16.5. The maximum atomic E-state index is 11.5. The molecule has 0 spiro atoms. The van der Waals surface area contributed by atoms with Gasteiger partial charge in [0.2, 0.25) is 0 Å². The van der Waals surface area contributed by atoms with Crippen molar-refractivity contribution >= 4 is 5.91 Å². The van der Waals surface area contributed by atoms with Crippen molar-refractivity contribution < 1.29 is 14.1 Å².